The van der Waals surface area contributed by atoms with Gasteiger partial charge in [-0.3, -0.25) is 4.79 Å². The van der Waals surface area contributed by atoms with Crippen LogP contribution in [0.25, 0.3) is 0 Å². The van der Waals surface area contributed by atoms with E-state index in [1.54, 1.807) is 0 Å². The molecule has 0 aromatic heterocycles. The Balaban J connectivity index is 0.00000156. The van der Waals surface area contributed by atoms with E-state index in [1.165, 1.54) is 6.07 Å². The van der Waals surface area contributed by atoms with Crippen LogP contribution in [0.3, 0.4) is 0 Å². The number of rotatable bonds is 2. The van der Waals surface area contributed by atoms with E-state index in [1.807, 2.05) is 4.90 Å². The van der Waals surface area contributed by atoms with E-state index < -0.39 is 11.6 Å². The smallest absolute Gasteiger partial charge is 0.226 e. The van der Waals surface area contributed by atoms with Crippen molar-refractivity contribution in [2.75, 3.05) is 13.1 Å². The van der Waals surface area contributed by atoms with Gasteiger partial charge in [-0.05, 0) is 61.9 Å². The highest BCUT2D eigenvalue weighted by molar-refractivity contribution is 5.85. The molecule has 1 saturated carbocycles. The number of carbonyl (C=O) groups excluding carboxylic acids is 1. The number of hydrogen-bond acceptors (Lipinski definition) is 2. The normalized spacial score (nSPS) is 32.2. The minimum atomic E-state index is -0.437. The first-order valence-electron chi connectivity index (χ1n) is 8.13. The third-order valence-electron chi connectivity index (χ3n) is 5.37. The monoisotopic (exact) mass is 342 g/mol. The van der Waals surface area contributed by atoms with Crippen molar-refractivity contribution in [3.63, 3.8) is 0 Å². The van der Waals surface area contributed by atoms with E-state index in [4.69, 9.17) is 0 Å². The first-order valence-corrected chi connectivity index (χ1v) is 8.13. The third-order valence-corrected chi connectivity index (χ3v) is 5.37. The van der Waals surface area contributed by atoms with Crippen molar-refractivity contribution in [1.82, 2.24) is 10.2 Å². The Kier molecular flexibility index (Phi) is 4.61. The van der Waals surface area contributed by atoms with E-state index in [0.29, 0.717) is 18.0 Å². The Morgan fingerprint density at radius 2 is 1.96 bits per heavy atom. The standard InChI is InChI=1S/C17H20F2N2O.ClH/c18-10-1-4-16(19)14(7-10)13-8-15(13)17(22)21-11-2-3-12(21)9-20-6-5-11;/h1,4,7,11-13,15,20H,2-3,5-6,8-9H2;1H. The fourth-order valence-electron chi connectivity index (χ4n) is 4.14. The molecule has 3 nitrogen and oxygen atoms in total. The topological polar surface area (TPSA) is 32.3 Å². The van der Waals surface area contributed by atoms with Gasteiger partial charge in [0.25, 0.3) is 0 Å². The molecule has 3 fully saturated rings. The zero-order valence-electron chi connectivity index (χ0n) is 12.8. The Labute approximate surface area is 140 Å². The molecule has 1 aliphatic carbocycles. The van der Waals surface area contributed by atoms with Gasteiger partial charge in [-0.25, -0.2) is 8.78 Å². The molecule has 4 rings (SSSR count). The van der Waals surface area contributed by atoms with Gasteiger partial charge in [0.05, 0.1) is 0 Å². The van der Waals surface area contributed by atoms with Crippen molar-refractivity contribution >= 4 is 18.3 Å². The number of halogens is 3. The summed E-state index contributed by atoms with van der Waals surface area (Å²) in [5.41, 5.74) is 0.360. The predicted octanol–water partition coefficient (Wildman–Crippen LogP) is 2.84. The Bertz CT molecular complexity index is 598. The van der Waals surface area contributed by atoms with Gasteiger partial charge in [-0.2, -0.15) is 0 Å². The molecule has 4 unspecified atom stereocenters. The summed E-state index contributed by atoms with van der Waals surface area (Å²) in [7, 11) is 0. The van der Waals surface area contributed by atoms with Crippen LogP contribution in [0.5, 0.6) is 0 Å². The number of carbonyl (C=O) groups is 1. The van der Waals surface area contributed by atoms with E-state index in [0.717, 1.165) is 44.5 Å². The van der Waals surface area contributed by atoms with Crippen LogP contribution in [-0.4, -0.2) is 36.0 Å². The lowest BCUT2D eigenvalue weighted by atomic mass is 10.1. The quantitative estimate of drug-likeness (QED) is 0.896. The number of amides is 1. The molecule has 2 heterocycles. The van der Waals surface area contributed by atoms with Crippen LogP contribution in [0.2, 0.25) is 0 Å². The highest BCUT2D eigenvalue weighted by atomic mass is 35.5. The molecular formula is C17H21ClF2N2O. The summed E-state index contributed by atoms with van der Waals surface area (Å²) in [6, 6.07) is 4.12. The molecule has 0 radical (unpaired) electrons. The van der Waals surface area contributed by atoms with Gasteiger partial charge in [0, 0.05) is 24.5 Å². The molecule has 2 saturated heterocycles. The van der Waals surface area contributed by atoms with E-state index in [2.05, 4.69) is 5.32 Å². The predicted molar refractivity (Wildman–Crippen MR) is 85.6 cm³/mol. The van der Waals surface area contributed by atoms with Crippen molar-refractivity contribution in [2.45, 2.75) is 43.7 Å². The lowest BCUT2D eigenvalue weighted by molar-refractivity contribution is -0.135. The van der Waals surface area contributed by atoms with Crippen LogP contribution >= 0.6 is 12.4 Å². The number of nitrogens with one attached hydrogen (secondary N) is 1. The molecule has 1 N–H and O–H groups in total. The van der Waals surface area contributed by atoms with Crippen molar-refractivity contribution in [1.29, 1.82) is 0 Å². The Hall–Kier alpha value is -1.20. The zero-order valence-corrected chi connectivity index (χ0v) is 13.6. The largest absolute Gasteiger partial charge is 0.335 e. The maximum absolute atomic E-state index is 13.9. The molecule has 3 aliphatic rings. The highest BCUT2D eigenvalue weighted by Crippen LogP contribution is 2.50. The highest BCUT2D eigenvalue weighted by Gasteiger charge is 2.50. The van der Waals surface area contributed by atoms with Crippen molar-refractivity contribution in [3.05, 3.63) is 35.4 Å². The first-order chi connectivity index (χ1) is 10.6. The second-order valence-corrected chi connectivity index (χ2v) is 6.74. The van der Waals surface area contributed by atoms with Crippen LogP contribution < -0.4 is 5.32 Å². The average molecular weight is 343 g/mol. The Morgan fingerprint density at radius 1 is 1.17 bits per heavy atom. The molecule has 1 amide bonds. The summed E-state index contributed by atoms with van der Waals surface area (Å²) in [5, 5.41) is 3.38. The summed E-state index contributed by atoms with van der Waals surface area (Å²) < 4.78 is 27.2. The minimum Gasteiger partial charge on any atom is -0.335 e. The summed E-state index contributed by atoms with van der Waals surface area (Å²) in [5.74, 6) is -1.02. The number of hydrogen-bond donors (Lipinski definition) is 1. The zero-order chi connectivity index (χ0) is 15.3. The van der Waals surface area contributed by atoms with Crippen LogP contribution in [-0.2, 0) is 4.79 Å². The second kappa shape index (κ2) is 6.36. The first kappa shape index (κ1) is 16.7. The van der Waals surface area contributed by atoms with E-state index >= 15 is 0 Å². The SMILES string of the molecule is Cl.O=C(C1CC1c1cc(F)ccc1F)N1C2CCNCC1CC2. The molecule has 4 atom stereocenters. The van der Waals surface area contributed by atoms with Gasteiger partial charge >= 0.3 is 0 Å². The number of nitrogens with zero attached hydrogens (tertiary/aromatic N) is 1. The fourth-order valence-corrected chi connectivity index (χ4v) is 4.14. The Morgan fingerprint density at radius 3 is 2.78 bits per heavy atom. The van der Waals surface area contributed by atoms with Gasteiger partial charge in [0.2, 0.25) is 5.91 Å². The molecule has 2 bridgehead atoms. The molecule has 1 aromatic rings. The molecule has 1 aromatic carbocycles. The van der Waals surface area contributed by atoms with Gasteiger partial charge < -0.3 is 10.2 Å². The van der Waals surface area contributed by atoms with Gasteiger partial charge in [0.1, 0.15) is 11.6 Å². The van der Waals surface area contributed by atoms with Crippen molar-refractivity contribution in [3.8, 4) is 0 Å². The van der Waals surface area contributed by atoms with Gasteiger partial charge in [-0.15, -0.1) is 12.4 Å². The fraction of sp³-hybridized carbons (Fsp3) is 0.588. The van der Waals surface area contributed by atoms with Crippen LogP contribution in [0.4, 0.5) is 8.78 Å². The van der Waals surface area contributed by atoms with Crippen LogP contribution in [0, 0.1) is 17.6 Å². The molecular weight excluding hydrogens is 322 g/mol. The van der Waals surface area contributed by atoms with E-state index in [-0.39, 0.29) is 36.2 Å². The second-order valence-electron chi connectivity index (χ2n) is 6.74. The van der Waals surface area contributed by atoms with Gasteiger partial charge in [0.15, 0.2) is 0 Å². The number of fused-ring (bicyclic) bond motifs is 2. The summed E-state index contributed by atoms with van der Waals surface area (Å²) in [6.45, 7) is 1.81. The van der Waals surface area contributed by atoms with Gasteiger partial charge in [-0.1, -0.05) is 0 Å². The average Bonchev–Trinajstić information content (AvgIpc) is 3.20. The summed E-state index contributed by atoms with van der Waals surface area (Å²) >= 11 is 0. The number of benzene rings is 1. The van der Waals surface area contributed by atoms with Crippen molar-refractivity contribution < 1.29 is 13.6 Å². The molecule has 126 valence electrons. The van der Waals surface area contributed by atoms with Crippen molar-refractivity contribution in [2.24, 2.45) is 5.92 Å². The molecule has 0 spiro atoms. The lowest BCUT2D eigenvalue weighted by Crippen LogP contribution is -2.43. The molecule has 6 heteroatoms. The summed E-state index contributed by atoms with van der Waals surface area (Å²) in [4.78, 5) is 14.9. The molecule has 23 heavy (non-hydrogen) atoms. The van der Waals surface area contributed by atoms with Crippen LogP contribution in [0.15, 0.2) is 18.2 Å². The lowest BCUT2D eigenvalue weighted by Gasteiger charge is -2.28. The minimum absolute atomic E-state index is 0. The molecule has 2 aliphatic heterocycles. The third kappa shape index (κ3) is 2.96. The van der Waals surface area contributed by atoms with E-state index in [9.17, 15) is 13.6 Å². The maximum atomic E-state index is 13.9. The maximum Gasteiger partial charge on any atom is 0.226 e. The van der Waals surface area contributed by atoms with Crippen LogP contribution in [0.1, 0.15) is 37.2 Å². The summed E-state index contributed by atoms with van der Waals surface area (Å²) in [6.07, 6.45) is 3.76.